The SMILES string of the molecule is CCN(CC)CCC(=O)Cc1c(F)ccc(Br)c1F. The summed E-state index contributed by atoms with van der Waals surface area (Å²) in [6.07, 6.45) is 0.117. The molecule has 0 atom stereocenters. The standard InChI is InChI=1S/C14H18BrF2NO/c1-3-18(4-2)8-7-10(19)9-11-13(16)6-5-12(15)14(11)17/h5-6H,3-4,7-9H2,1-2H3. The molecular formula is C14H18BrF2NO. The molecule has 106 valence electrons. The van der Waals surface area contributed by atoms with Crippen LogP contribution in [0.3, 0.4) is 0 Å². The van der Waals surface area contributed by atoms with E-state index in [9.17, 15) is 13.6 Å². The topological polar surface area (TPSA) is 20.3 Å². The molecule has 0 radical (unpaired) electrons. The van der Waals surface area contributed by atoms with Gasteiger partial charge in [-0.05, 0) is 41.2 Å². The summed E-state index contributed by atoms with van der Waals surface area (Å²) >= 11 is 2.99. The molecule has 0 N–H and O–H groups in total. The first kappa shape index (κ1) is 16.2. The van der Waals surface area contributed by atoms with Crippen LogP contribution in [0.2, 0.25) is 0 Å². The molecule has 0 spiro atoms. The lowest BCUT2D eigenvalue weighted by Gasteiger charge is -2.17. The van der Waals surface area contributed by atoms with Crippen molar-refractivity contribution in [1.82, 2.24) is 4.90 Å². The molecule has 0 bridgehead atoms. The Morgan fingerprint density at radius 2 is 1.89 bits per heavy atom. The van der Waals surface area contributed by atoms with E-state index in [1.807, 2.05) is 13.8 Å². The lowest BCUT2D eigenvalue weighted by atomic mass is 10.1. The fourth-order valence-corrected chi connectivity index (χ4v) is 2.21. The fraction of sp³-hybridized carbons (Fsp3) is 0.500. The molecule has 0 fully saturated rings. The van der Waals surface area contributed by atoms with Crippen LogP contribution in [0.1, 0.15) is 25.8 Å². The number of hydrogen-bond donors (Lipinski definition) is 0. The van der Waals surface area contributed by atoms with E-state index < -0.39 is 11.6 Å². The Kier molecular flexibility index (Phi) is 6.58. The van der Waals surface area contributed by atoms with Crippen molar-refractivity contribution in [1.29, 1.82) is 0 Å². The number of carbonyl (C=O) groups is 1. The zero-order valence-corrected chi connectivity index (χ0v) is 12.8. The van der Waals surface area contributed by atoms with E-state index in [0.29, 0.717) is 13.0 Å². The van der Waals surface area contributed by atoms with Crippen LogP contribution in [-0.4, -0.2) is 30.3 Å². The average Bonchev–Trinajstić information content (AvgIpc) is 2.40. The van der Waals surface area contributed by atoms with Crippen molar-refractivity contribution in [3.8, 4) is 0 Å². The molecule has 0 saturated heterocycles. The van der Waals surface area contributed by atoms with E-state index in [4.69, 9.17) is 0 Å². The largest absolute Gasteiger partial charge is 0.303 e. The summed E-state index contributed by atoms with van der Waals surface area (Å²) in [6.45, 7) is 6.39. The summed E-state index contributed by atoms with van der Waals surface area (Å²) in [5.41, 5.74) is -0.154. The maximum Gasteiger partial charge on any atom is 0.143 e. The summed E-state index contributed by atoms with van der Waals surface area (Å²) in [7, 11) is 0. The third-order valence-corrected chi connectivity index (χ3v) is 3.73. The molecular weight excluding hydrogens is 316 g/mol. The predicted molar refractivity (Wildman–Crippen MR) is 75.2 cm³/mol. The van der Waals surface area contributed by atoms with Gasteiger partial charge in [0, 0.05) is 24.9 Å². The van der Waals surface area contributed by atoms with Crippen LogP contribution in [-0.2, 0) is 11.2 Å². The van der Waals surface area contributed by atoms with E-state index in [1.165, 1.54) is 12.1 Å². The molecule has 0 aliphatic carbocycles. The van der Waals surface area contributed by atoms with Crippen molar-refractivity contribution in [2.75, 3.05) is 19.6 Å². The van der Waals surface area contributed by atoms with Gasteiger partial charge in [0.2, 0.25) is 0 Å². The van der Waals surface area contributed by atoms with Gasteiger partial charge in [-0.1, -0.05) is 13.8 Å². The van der Waals surface area contributed by atoms with Crippen LogP contribution in [0.4, 0.5) is 8.78 Å². The minimum Gasteiger partial charge on any atom is -0.303 e. The molecule has 0 unspecified atom stereocenters. The van der Waals surface area contributed by atoms with Gasteiger partial charge in [-0.25, -0.2) is 8.78 Å². The second-order valence-electron chi connectivity index (χ2n) is 4.31. The van der Waals surface area contributed by atoms with Crippen LogP contribution in [0.15, 0.2) is 16.6 Å². The maximum absolute atomic E-state index is 13.7. The van der Waals surface area contributed by atoms with Gasteiger partial charge in [-0.15, -0.1) is 0 Å². The molecule has 5 heteroatoms. The minimum absolute atomic E-state index is 0.150. The number of Topliss-reactive ketones (excluding diaryl/α,β-unsaturated/α-hetero) is 1. The monoisotopic (exact) mass is 333 g/mol. The smallest absolute Gasteiger partial charge is 0.143 e. The average molecular weight is 334 g/mol. The Morgan fingerprint density at radius 1 is 1.26 bits per heavy atom. The van der Waals surface area contributed by atoms with Crippen LogP contribution in [0, 0.1) is 11.6 Å². The van der Waals surface area contributed by atoms with Crippen LogP contribution < -0.4 is 0 Å². The highest BCUT2D eigenvalue weighted by Crippen LogP contribution is 2.22. The molecule has 1 aromatic carbocycles. The number of halogens is 3. The number of nitrogens with zero attached hydrogens (tertiary/aromatic N) is 1. The number of carbonyl (C=O) groups excluding carboxylic acids is 1. The summed E-state index contributed by atoms with van der Waals surface area (Å²) in [5, 5.41) is 0. The molecule has 0 saturated carbocycles. The molecule has 1 rings (SSSR count). The van der Waals surface area contributed by atoms with E-state index in [1.54, 1.807) is 0 Å². The maximum atomic E-state index is 13.7. The molecule has 0 aromatic heterocycles. The van der Waals surface area contributed by atoms with Crippen molar-refractivity contribution < 1.29 is 13.6 Å². The zero-order chi connectivity index (χ0) is 14.4. The second-order valence-corrected chi connectivity index (χ2v) is 5.17. The van der Waals surface area contributed by atoms with Gasteiger partial charge in [0.25, 0.3) is 0 Å². The summed E-state index contributed by atoms with van der Waals surface area (Å²) in [4.78, 5) is 13.9. The van der Waals surface area contributed by atoms with Crippen molar-refractivity contribution in [2.24, 2.45) is 0 Å². The van der Waals surface area contributed by atoms with Gasteiger partial charge in [-0.2, -0.15) is 0 Å². The van der Waals surface area contributed by atoms with Crippen LogP contribution in [0.25, 0.3) is 0 Å². The summed E-state index contributed by atoms with van der Waals surface area (Å²) in [6, 6.07) is 2.47. The minimum atomic E-state index is -0.684. The first-order valence-electron chi connectivity index (χ1n) is 6.36. The Bertz CT molecular complexity index is 447. The second kappa shape index (κ2) is 7.70. The molecule has 19 heavy (non-hydrogen) atoms. The normalized spacial score (nSPS) is 11.1. The third-order valence-electron chi connectivity index (χ3n) is 3.11. The van der Waals surface area contributed by atoms with E-state index in [-0.39, 0.29) is 22.2 Å². The summed E-state index contributed by atoms with van der Waals surface area (Å²) < 4.78 is 27.4. The molecule has 2 nitrogen and oxygen atoms in total. The number of ketones is 1. The van der Waals surface area contributed by atoms with Crippen molar-refractivity contribution in [2.45, 2.75) is 26.7 Å². The molecule has 0 aliphatic rings. The number of hydrogen-bond acceptors (Lipinski definition) is 2. The highest BCUT2D eigenvalue weighted by atomic mass is 79.9. The van der Waals surface area contributed by atoms with E-state index in [2.05, 4.69) is 20.8 Å². The Labute approximate surface area is 120 Å². The van der Waals surface area contributed by atoms with Gasteiger partial charge in [-0.3, -0.25) is 4.79 Å². The lowest BCUT2D eigenvalue weighted by molar-refractivity contribution is -0.118. The van der Waals surface area contributed by atoms with Crippen molar-refractivity contribution >= 4 is 21.7 Å². The van der Waals surface area contributed by atoms with Crippen molar-refractivity contribution in [3.63, 3.8) is 0 Å². The molecule has 0 aliphatic heterocycles. The van der Waals surface area contributed by atoms with Crippen molar-refractivity contribution in [3.05, 3.63) is 33.8 Å². The van der Waals surface area contributed by atoms with E-state index >= 15 is 0 Å². The van der Waals surface area contributed by atoms with Gasteiger partial charge in [0.05, 0.1) is 4.47 Å². The van der Waals surface area contributed by atoms with Crippen LogP contribution in [0.5, 0.6) is 0 Å². The predicted octanol–water partition coefficient (Wildman–Crippen LogP) is 3.57. The number of rotatable bonds is 7. The van der Waals surface area contributed by atoms with Crippen LogP contribution >= 0.6 is 15.9 Å². The van der Waals surface area contributed by atoms with Gasteiger partial charge >= 0.3 is 0 Å². The zero-order valence-electron chi connectivity index (χ0n) is 11.2. The highest BCUT2D eigenvalue weighted by Gasteiger charge is 2.16. The van der Waals surface area contributed by atoms with Gasteiger partial charge in [0.1, 0.15) is 17.4 Å². The Hall–Kier alpha value is -0.810. The summed E-state index contributed by atoms with van der Waals surface area (Å²) in [5.74, 6) is -1.50. The third kappa shape index (κ3) is 4.66. The Balaban J connectivity index is 2.65. The Morgan fingerprint density at radius 3 is 2.47 bits per heavy atom. The van der Waals surface area contributed by atoms with Gasteiger partial charge in [0.15, 0.2) is 0 Å². The van der Waals surface area contributed by atoms with Gasteiger partial charge < -0.3 is 4.90 Å². The molecule has 0 heterocycles. The lowest BCUT2D eigenvalue weighted by Crippen LogP contribution is -2.26. The fourth-order valence-electron chi connectivity index (χ4n) is 1.84. The molecule has 1 aromatic rings. The first-order chi connectivity index (χ1) is 8.99. The highest BCUT2D eigenvalue weighted by molar-refractivity contribution is 9.10. The molecule has 0 amide bonds. The quantitative estimate of drug-likeness (QED) is 0.711. The number of benzene rings is 1. The van der Waals surface area contributed by atoms with E-state index in [0.717, 1.165) is 13.1 Å². The first-order valence-corrected chi connectivity index (χ1v) is 7.15.